The molecule has 0 bridgehead atoms. The highest BCUT2D eigenvalue weighted by molar-refractivity contribution is 8.01. The largest absolute Gasteiger partial charge is 0.475 e. The van der Waals surface area contributed by atoms with Crippen LogP contribution in [0.4, 0.5) is 0 Å². The van der Waals surface area contributed by atoms with E-state index in [9.17, 15) is 18.0 Å². The Kier molecular flexibility index (Phi) is 4.57. The number of carboxylic acid groups (broad SMARTS) is 1. The van der Waals surface area contributed by atoms with Gasteiger partial charge >= 0.3 is 5.97 Å². The van der Waals surface area contributed by atoms with E-state index in [-0.39, 0.29) is 18.0 Å². The van der Waals surface area contributed by atoms with Crippen molar-refractivity contribution in [1.82, 2.24) is 10.1 Å². The number of hydrogen-bond acceptors (Lipinski definition) is 7. The van der Waals surface area contributed by atoms with Crippen molar-refractivity contribution < 1.29 is 27.6 Å². The second-order valence-corrected chi connectivity index (χ2v) is 7.96. The third-order valence-corrected chi connectivity index (χ3v) is 6.39. The molecule has 0 aromatic carbocycles. The number of thioether (sulfide) groups is 1. The van der Waals surface area contributed by atoms with Crippen LogP contribution in [-0.2, 0) is 9.84 Å². The van der Waals surface area contributed by atoms with Crippen LogP contribution < -0.4 is 0 Å². The van der Waals surface area contributed by atoms with Crippen molar-refractivity contribution in [2.45, 2.75) is 12.3 Å². The zero-order valence-corrected chi connectivity index (χ0v) is 12.8. The van der Waals surface area contributed by atoms with Crippen LogP contribution in [0.5, 0.6) is 0 Å². The van der Waals surface area contributed by atoms with Gasteiger partial charge in [-0.3, -0.25) is 4.79 Å². The molecule has 1 aromatic heterocycles. The molecule has 2 rings (SSSR count). The lowest BCUT2D eigenvalue weighted by Gasteiger charge is -2.34. The second-order valence-electron chi connectivity index (χ2n) is 4.36. The van der Waals surface area contributed by atoms with Crippen molar-refractivity contribution in [1.29, 1.82) is 0 Å². The smallest absolute Gasteiger partial charge is 0.374 e. The Bertz CT molecular complexity index is 653. The number of nitrogens with zero attached hydrogens (tertiary/aromatic N) is 2. The van der Waals surface area contributed by atoms with Crippen LogP contribution in [0.15, 0.2) is 10.6 Å². The minimum absolute atomic E-state index is 0.0683. The first kappa shape index (κ1) is 15.8. The SMILES string of the molecule is CCS(=O)(=O)C1CSCCN1C(=O)c1cc(C(=O)O)on1. The number of sulfone groups is 1. The highest BCUT2D eigenvalue weighted by Crippen LogP contribution is 2.23. The van der Waals surface area contributed by atoms with Crippen LogP contribution in [0.25, 0.3) is 0 Å². The Morgan fingerprint density at radius 1 is 1.57 bits per heavy atom. The average molecular weight is 334 g/mol. The molecule has 0 saturated carbocycles. The van der Waals surface area contributed by atoms with Crippen LogP contribution in [0, 0.1) is 0 Å². The predicted octanol–water partition coefficient (Wildman–Crippen LogP) is 0.323. The zero-order chi connectivity index (χ0) is 15.6. The van der Waals surface area contributed by atoms with E-state index < -0.39 is 32.8 Å². The molecule has 8 nitrogen and oxygen atoms in total. The fourth-order valence-electron chi connectivity index (χ4n) is 1.93. The molecule has 1 atom stereocenters. The fraction of sp³-hybridized carbons (Fsp3) is 0.545. The molecule has 0 radical (unpaired) electrons. The first-order chi connectivity index (χ1) is 9.86. The highest BCUT2D eigenvalue weighted by atomic mass is 32.2. The maximum Gasteiger partial charge on any atom is 0.374 e. The Hall–Kier alpha value is -1.55. The van der Waals surface area contributed by atoms with E-state index in [0.717, 1.165) is 6.07 Å². The minimum atomic E-state index is -3.42. The van der Waals surface area contributed by atoms with Crippen LogP contribution in [0.3, 0.4) is 0 Å². The molecular weight excluding hydrogens is 320 g/mol. The number of carboxylic acids is 1. The molecule has 0 spiro atoms. The Balaban J connectivity index is 2.28. The average Bonchev–Trinajstić information content (AvgIpc) is 2.96. The highest BCUT2D eigenvalue weighted by Gasteiger charge is 2.37. The standard InChI is InChI=1S/C11H14N2O6S2/c1-2-21(17,18)9-6-20-4-3-13(9)10(14)7-5-8(11(15)16)19-12-7/h5,9H,2-4,6H2,1H3,(H,15,16). The van der Waals surface area contributed by atoms with Gasteiger partial charge in [-0.1, -0.05) is 12.1 Å². The van der Waals surface area contributed by atoms with Gasteiger partial charge < -0.3 is 14.5 Å². The molecule has 0 aliphatic carbocycles. The van der Waals surface area contributed by atoms with Gasteiger partial charge in [0.25, 0.3) is 5.91 Å². The quantitative estimate of drug-likeness (QED) is 0.836. The third-order valence-electron chi connectivity index (χ3n) is 3.10. The summed E-state index contributed by atoms with van der Waals surface area (Å²) in [7, 11) is -3.42. The van der Waals surface area contributed by atoms with Crippen molar-refractivity contribution in [3.63, 3.8) is 0 Å². The van der Waals surface area contributed by atoms with Crippen LogP contribution in [0.1, 0.15) is 28.0 Å². The molecule has 1 aliphatic heterocycles. The maximum atomic E-state index is 12.3. The Labute approximate surface area is 125 Å². The number of amides is 1. The molecule has 1 amide bonds. The van der Waals surface area contributed by atoms with Gasteiger partial charge in [0.15, 0.2) is 15.5 Å². The number of rotatable bonds is 4. The van der Waals surface area contributed by atoms with Gasteiger partial charge in [0.2, 0.25) is 5.76 Å². The zero-order valence-electron chi connectivity index (χ0n) is 11.2. The molecule has 116 valence electrons. The Morgan fingerprint density at radius 2 is 2.29 bits per heavy atom. The van der Waals surface area contributed by atoms with Gasteiger partial charge in [-0.15, -0.1) is 0 Å². The van der Waals surface area contributed by atoms with Crippen molar-refractivity contribution >= 4 is 33.5 Å². The predicted molar refractivity (Wildman–Crippen MR) is 75.1 cm³/mol. The van der Waals surface area contributed by atoms with Crippen LogP contribution in [-0.4, -0.2) is 64.6 Å². The van der Waals surface area contributed by atoms with E-state index in [0.29, 0.717) is 11.5 Å². The monoisotopic (exact) mass is 334 g/mol. The minimum Gasteiger partial charge on any atom is -0.475 e. The summed E-state index contributed by atoms with van der Waals surface area (Å²) in [6.07, 6.45) is 0. The lowest BCUT2D eigenvalue weighted by atomic mass is 10.3. The van der Waals surface area contributed by atoms with Gasteiger partial charge in [0, 0.05) is 29.9 Å². The summed E-state index contributed by atoms with van der Waals surface area (Å²) >= 11 is 1.46. The molecule has 10 heteroatoms. The number of aromatic carboxylic acids is 1. The van der Waals surface area contributed by atoms with Crippen molar-refractivity contribution in [3.05, 3.63) is 17.5 Å². The molecule has 1 fully saturated rings. The van der Waals surface area contributed by atoms with E-state index in [4.69, 9.17) is 5.11 Å². The van der Waals surface area contributed by atoms with Gasteiger partial charge in [-0.2, -0.15) is 11.8 Å². The molecule has 21 heavy (non-hydrogen) atoms. The summed E-state index contributed by atoms with van der Waals surface area (Å²) in [6.45, 7) is 1.79. The molecule has 1 unspecified atom stereocenters. The first-order valence-electron chi connectivity index (χ1n) is 6.17. The van der Waals surface area contributed by atoms with Crippen molar-refractivity contribution in [2.24, 2.45) is 0 Å². The number of hydrogen-bond donors (Lipinski definition) is 1. The third kappa shape index (κ3) is 3.21. The molecule has 1 aromatic rings. The molecule has 2 heterocycles. The molecular formula is C11H14N2O6S2. The topological polar surface area (TPSA) is 118 Å². The summed E-state index contributed by atoms with van der Waals surface area (Å²) < 4.78 is 28.7. The van der Waals surface area contributed by atoms with E-state index in [1.165, 1.54) is 23.6 Å². The summed E-state index contributed by atoms with van der Waals surface area (Å²) in [5, 5.41) is 11.2. The number of carbonyl (C=O) groups is 2. The summed E-state index contributed by atoms with van der Waals surface area (Å²) in [4.78, 5) is 24.3. The molecule has 1 N–H and O–H groups in total. The van der Waals surface area contributed by atoms with Crippen LogP contribution in [0.2, 0.25) is 0 Å². The molecule has 1 saturated heterocycles. The fourth-order valence-corrected chi connectivity index (χ4v) is 4.89. The molecule has 1 aliphatic rings. The Morgan fingerprint density at radius 3 is 2.86 bits per heavy atom. The van der Waals surface area contributed by atoms with Gasteiger partial charge in [-0.05, 0) is 0 Å². The number of aromatic nitrogens is 1. The van der Waals surface area contributed by atoms with E-state index in [2.05, 4.69) is 9.68 Å². The van der Waals surface area contributed by atoms with E-state index >= 15 is 0 Å². The summed E-state index contributed by atoms with van der Waals surface area (Å²) in [6, 6.07) is 1.00. The van der Waals surface area contributed by atoms with E-state index in [1.54, 1.807) is 0 Å². The van der Waals surface area contributed by atoms with E-state index in [1.807, 2.05) is 0 Å². The summed E-state index contributed by atoms with van der Waals surface area (Å²) in [5.74, 6) is -1.58. The van der Waals surface area contributed by atoms with Crippen molar-refractivity contribution in [2.75, 3.05) is 23.8 Å². The van der Waals surface area contributed by atoms with Crippen molar-refractivity contribution in [3.8, 4) is 0 Å². The first-order valence-corrected chi connectivity index (χ1v) is 9.04. The number of carbonyl (C=O) groups excluding carboxylic acids is 1. The van der Waals surface area contributed by atoms with Crippen LogP contribution >= 0.6 is 11.8 Å². The normalized spacial score (nSPS) is 19.5. The van der Waals surface area contributed by atoms with Gasteiger partial charge in [0.1, 0.15) is 5.37 Å². The maximum absolute atomic E-state index is 12.3. The van der Waals surface area contributed by atoms with Gasteiger partial charge in [0.05, 0.1) is 0 Å². The summed E-state index contributed by atoms with van der Waals surface area (Å²) in [5.41, 5.74) is -0.199. The lowest BCUT2D eigenvalue weighted by Crippen LogP contribution is -2.50. The van der Waals surface area contributed by atoms with Gasteiger partial charge in [-0.25, -0.2) is 13.2 Å². The second kappa shape index (κ2) is 6.06. The lowest BCUT2D eigenvalue weighted by molar-refractivity contribution is 0.0648.